The molecule has 0 spiro atoms. The summed E-state index contributed by atoms with van der Waals surface area (Å²) in [6.45, 7) is 7.22. The molecule has 2 aromatic rings. The van der Waals surface area contributed by atoms with Crippen LogP contribution in [-0.2, 0) is 14.9 Å². The second-order valence-corrected chi connectivity index (χ2v) is 9.04. The lowest BCUT2D eigenvalue weighted by Crippen LogP contribution is -2.49. The van der Waals surface area contributed by atoms with Gasteiger partial charge >= 0.3 is 7.12 Å². The zero-order valence-corrected chi connectivity index (χ0v) is 15.1. The Morgan fingerprint density at radius 3 is 2.65 bits per heavy atom. The van der Waals surface area contributed by atoms with Crippen molar-refractivity contribution in [1.29, 1.82) is 0 Å². The molecular weight excluding hydrogens is 331 g/mol. The van der Waals surface area contributed by atoms with Gasteiger partial charge in [-0.15, -0.1) is 22.7 Å². The van der Waals surface area contributed by atoms with Crippen LogP contribution in [0.1, 0.15) is 26.3 Å². The molecule has 7 heteroatoms. The number of aliphatic hydroxyl groups is 1. The van der Waals surface area contributed by atoms with Crippen LogP contribution in [0.25, 0.3) is 9.75 Å². The lowest BCUT2D eigenvalue weighted by atomic mass is 9.80. The van der Waals surface area contributed by atoms with Crippen LogP contribution < -0.4 is 9.51 Å². The van der Waals surface area contributed by atoms with Gasteiger partial charge in [0.05, 0.1) is 16.4 Å². The molecule has 0 unspecified atom stereocenters. The molecule has 4 heterocycles. The zero-order chi connectivity index (χ0) is 16.2. The van der Waals surface area contributed by atoms with Crippen LogP contribution in [0, 0.1) is 5.41 Å². The molecule has 1 saturated heterocycles. The maximum Gasteiger partial charge on any atom is 0.504 e. The maximum absolute atomic E-state index is 9.42. The summed E-state index contributed by atoms with van der Waals surface area (Å²) in [4.78, 5) is 2.44. The maximum atomic E-state index is 9.42. The molecular formula is C16H19BO4S2. The van der Waals surface area contributed by atoms with Gasteiger partial charge in [-0.1, -0.05) is 6.92 Å². The second kappa shape index (κ2) is 5.32. The minimum atomic E-state index is -0.357. The molecule has 2 aromatic heterocycles. The van der Waals surface area contributed by atoms with Crippen molar-refractivity contribution in [3.05, 3.63) is 23.1 Å². The Kier molecular flexibility index (Phi) is 3.63. The van der Waals surface area contributed by atoms with Gasteiger partial charge in [-0.2, -0.15) is 0 Å². The number of thiophene rings is 2. The van der Waals surface area contributed by atoms with Crippen molar-refractivity contribution in [1.82, 2.24) is 0 Å². The van der Waals surface area contributed by atoms with E-state index in [0.717, 1.165) is 10.5 Å². The van der Waals surface area contributed by atoms with Crippen LogP contribution in [0.5, 0.6) is 5.75 Å². The largest absolute Gasteiger partial charge is 0.504 e. The molecule has 0 aliphatic carbocycles. The van der Waals surface area contributed by atoms with Crippen molar-refractivity contribution in [2.45, 2.75) is 26.4 Å². The molecule has 2 aliphatic rings. The Morgan fingerprint density at radius 1 is 1.22 bits per heavy atom. The Balaban J connectivity index is 1.67. The first-order chi connectivity index (χ1) is 10.9. The third kappa shape index (κ3) is 2.55. The fourth-order valence-electron chi connectivity index (χ4n) is 2.91. The summed E-state index contributed by atoms with van der Waals surface area (Å²) in [5.74, 6) is 0.958. The van der Waals surface area contributed by atoms with Gasteiger partial charge in [0.1, 0.15) is 11.4 Å². The SMILES string of the molecule is CC1(CO)COB(c2cc3c(s2)-c2sccc2OC3(C)C)OC1. The molecule has 1 fully saturated rings. The van der Waals surface area contributed by atoms with E-state index in [2.05, 4.69) is 25.3 Å². The molecule has 2 aliphatic heterocycles. The molecule has 0 bridgehead atoms. The van der Waals surface area contributed by atoms with Crippen molar-refractivity contribution in [2.24, 2.45) is 5.41 Å². The fraction of sp³-hybridized carbons (Fsp3) is 0.500. The molecule has 4 nitrogen and oxygen atoms in total. The highest BCUT2D eigenvalue weighted by molar-refractivity contribution is 7.28. The van der Waals surface area contributed by atoms with E-state index in [1.54, 1.807) is 22.7 Å². The summed E-state index contributed by atoms with van der Waals surface area (Å²) < 4.78 is 19.0. The Hall–Kier alpha value is -0.855. The summed E-state index contributed by atoms with van der Waals surface area (Å²) in [7, 11) is -0.357. The third-order valence-corrected chi connectivity index (χ3v) is 6.60. The fourth-order valence-corrected chi connectivity index (χ4v) is 5.21. The molecule has 0 aromatic carbocycles. The van der Waals surface area contributed by atoms with Gasteiger partial charge in [-0.3, -0.25) is 0 Å². The first kappa shape index (κ1) is 15.7. The van der Waals surface area contributed by atoms with Crippen LogP contribution in [0.3, 0.4) is 0 Å². The van der Waals surface area contributed by atoms with E-state index < -0.39 is 0 Å². The van der Waals surface area contributed by atoms with Gasteiger partial charge in [0.2, 0.25) is 0 Å². The number of ether oxygens (including phenoxy) is 1. The van der Waals surface area contributed by atoms with Crippen molar-refractivity contribution in [2.75, 3.05) is 19.8 Å². The molecule has 0 saturated carbocycles. The molecule has 0 radical (unpaired) electrons. The van der Waals surface area contributed by atoms with Crippen molar-refractivity contribution < 1.29 is 19.2 Å². The van der Waals surface area contributed by atoms with E-state index in [4.69, 9.17) is 14.0 Å². The predicted octanol–water partition coefficient (Wildman–Crippen LogP) is 2.84. The summed E-state index contributed by atoms with van der Waals surface area (Å²) in [5.41, 5.74) is 0.526. The predicted molar refractivity (Wildman–Crippen MR) is 93.8 cm³/mol. The molecule has 1 N–H and O–H groups in total. The van der Waals surface area contributed by atoms with Crippen LogP contribution in [0.4, 0.5) is 0 Å². The zero-order valence-electron chi connectivity index (χ0n) is 13.4. The lowest BCUT2D eigenvalue weighted by molar-refractivity contribution is -0.0143. The van der Waals surface area contributed by atoms with Gasteiger partial charge in [0.25, 0.3) is 0 Å². The summed E-state index contributed by atoms with van der Waals surface area (Å²) in [6.07, 6.45) is 0. The van der Waals surface area contributed by atoms with E-state index in [0.29, 0.717) is 13.2 Å². The number of hydrogen-bond acceptors (Lipinski definition) is 6. The Labute approximate surface area is 144 Å². The molecule has 0 amide bonds. The van der Waals surface area contributed by atoms with E-state index >= 15 is 0 Å². The highest BCUT2D eigenvalue weighted by Crippen LogP contribution is 2.49. The minimum Gasteiger partial charge on any atom is -0.482 e. The van der Waals surface area contributed by atoms with E-state index in [1.165, 1.54) is 15.3 Å². The van der Waals surface area contributed by atoms with Crippen molar-refractivity contribution in [3.63, 3.8) is 0 Å². The number of fused-ring (bicyclic) bond motifs is 3. The van der Waals surface area contributed by atoms with Gasteiger partial charge in [-0.05, 0) is 31.4 Å². The summed E-state index contributed by atoms with van der Waals surface area (Å²) in [5, 5.41) is 11.5. The number of hydrogen-bond donors (Lipinski definition) is 1. The molecule has 4 rings (SSSR count). The first-order valence-corrected chi connectivity index (χ1v) is 9.37. The topological polar surface area (TPSA) is 47.9 Å². The second-order valence-electron chi connectivity index (χ2n) is 7.04. The quantitative estimate of drug-likeness (QED) is 0.847. The lowest BCUT2D eigenvalue weighted by Gasteiger charge is -2.34. The minimum absolute atomic E-state index is 0.0695. The Bertz CT molecular complexity index is 728. The van der Waals surface area contributed by atoms with Crippen molar-refractivity contribution >= 4 is 34.6 Å². The van der Waals surface area contributed by atoms with E-state index in [1.807, 2.05) is 13.0 Å². The van der Waals surface area contributed by atoms with E-state index in [-0.39, 0.29) is 24.7 Å². The first-order valence-electron chi connectivity index (χ1n) is 7.67. The highest BCUT2D eigenvalue weighted by Gasteiger charge is 2.41. The monoisotopic (exact) mass is 350 g/mol. The normalized spacial score (nSPS) is 21.5. The smallest absolute Gasteiger partial charge is 0.482 e. The van der Waals surface area contributed by atoms with E-state index in [9.17, 15) is 5.11 Å². The number of aliphatic hydroxyl groups excluding tert-OH is 1. The van der Waals surface area contributed by atoms with Crippen LogP contribution in [0.2, 0.25) is 0 Å². The Morgan fingerprint density at radius 2 is 1.96 bits per heavy atom. The van der Waals surface area contributed by atoms with Crippen LogP contribution in [0.15, 0.2) is 17.5 Å². The molecule has 122 valence electrons. The standard InChI is InChI=1S/C16H19BO4S2/c1-15(2)10-6-12(17-19-8-16(3,7-18)9-20-17)23-13(10)14-11(21-15)4-5-22-14/h4-6,18H,7-9H2,1-3H3. The number of rotatable bonds is 2. The van der Waals surface area contributed by atoms with Gasteiger partial charge in [-0.25, -0.2) is 0 Å². The molecule has 0 atom stereocenters. The van der Waals surface area contributed by atoms with Gasteiger partial charge < -0.3 is 19.2 Å². The third-order valence-electron chi connectivity index (χ3n) is 4.38. The van der Waals surface area contributed by atoms with Crippen LogP contribution in [-0.4, -0.2) is 32.0 Å². The summed E-state index contributed by atoms with van der Waals surface area (Å²) >= 11 is 3.42. The average molecular weight is 350 g/mol. The van der Waals surface area contributed by atoms with Crippen LogP contribution >= 0.6 is 22.7 Å². The molecule has 23 heavy (non-hydrogen) atoms. The van der Waals surface area contributed by atoms with Crippen molar-refractivity contribution in [3.8, 4) is 15.5 Å². The highest BCUT2D eigenvalue weighted by atomic mass is 32.1. The summed E-state index contributed by atoms with van der Waals surface area (Å²) in [6, 6.07) is 4.18. The van der Waals surface area contributed by atoms with Gasteiger partial charge in [0, 0.05) is 29.0 Å². The van der Waals surface area contributed by atoms with Gasteiger partial charge in [0.15, 0.2) is 0 Å². The average Bonchev–Trinajstić information content (AvgIpc) is 3.14.